The SMILES string of the molecule is CC(O)c1ccc(Oc2cccc(C(C)(C)C)c2)c(Cl)c1. The maximum Gasteiger partial charge on any atom is 0.146 e. The smallest absolute Gasteiger partial charge is 0.146 e. The molecule has 0 aliphatic carbocycles. The van der Waals surface area contributed by atoms with Gasteiger partial charge in [-0.1, -0.05) is 50.6 Å². The molecule has 2 nitrogen and oxygen atoms in total. The van der Waals surface area contributed by atoms with Gasteiger partial charge in [0.25, 0.3) is 0 Å². The van der Waals surface area contributed by atoms with Crippen molar-refractivity contribution in [1.29, 1.82) is 0 Å². The highest BCUT2D eigenvalue weighted by Gasteiger charge is 2.14. The lowest BCUT2D eigenvalue weighted by molar-refractivity contribution is 0.199. The molecule has 0 aliphatic heterocycles. The predicted molar refractivity (Wildman–Crippen MR) is 87.3 cm³/mol. The lowest BCUT2D eigenvalue weighted by atomic mass is 9.87. The van der Waals surface area contributed by atoms with Crippen LogP contribution in [0.5, 0.6) is 11.5 Å². The summed E-state index contributed by atoms with van der Waals surface area (Å²) in [6, 6.07) is 13.3. The molecule has 0 bridgehead atoms. The third-order valence-corrected chi connectivity index (χ3v) is 3.66. The molecule has 0 amide bonds. The van der Waals surface area contributed by atoms with Crippen LogP contribution in [0.1, 0.15) is 44.9 Å². The Morgan fingerprint density at radius 3 is 2.38 bits per heavy atom. The quantitative estimate of drug-likeness (QED) is 0.813. The second kappa shape index (κ2) is 6.08. The van der Waals surface area contributed by atoms with Crippen molar-refractivity contribution in [3.8, 4) is 11.5 Å². The van der Waals surface area contributed by atoms with Crippen molar-refractivity contribution in [3.63, 3.8) is 0 Å². The molecule has 0 aliphatic rings. The van der Waals surface area contributed by atoms with Crippen LogP contribution in [0.2, 0.25) is 5.02 Å². The van der Waals surface area contributed by atoms with Gasteiger partial charge in [0.15, 0.2) is 0 Å². The molecule has 0 spiro atoms. The van der Waals surface area contributed by atoms with Crippen LogP contribution in [0, 0.1) is 0 Å². The van der Waals surface area contributed by atoms with Crippen molar-refractivity contribution in [3.05, 3.63) is 58.6 Å². The Kier molecular flexibility index (Phi) is 4.60. The van der Waals surface area contributed by atoms with Gasteiger partial charge in [0, 0.05) is 0 Å². The van der Waals surface area contributed by atoms with Gasteiger partial charge in [-0.15, -0.1) is 0 Å². The highest BCUT2D eigenvalue weighted by Crippen LogP contribution is 2.33. The second-order valence-electron chi connectivity index (χ2n) is 6.25. The molecule has 112 valence electrons. The molecule has 0 aromatic heterocycles. The van der Waals surface area contributed by atoms with Crippen molar-refractivity contribution >= 4 is 11.6 Å². The van der Waals surface area contributed by atoms with Crippen LogP contribution in [0.25, 0.3) is 0 Å². The molecule has 0 fully saturated rings. The van der Waals surface area contributed by atoms with Gasteiger partial charge in [-0.2, -0.15) is 0 Å². The number of halogens is 1. The van der Waals surface area contributed by atoms with Crippen LogP contribution in [-0.4, -0.2) is 5.11 Å². The number of aliphatic hydroxyl groups is 1. The Bertz CT molecular complexity index is 627. The van der Waals surface area contributed by atoms with Crippen LogP contribution >= 0.6 is 11.6 Å². The van der Waals surface area contributed by atoms with E-state index in [0.29, 0.717) is 10.8 Å². The fourth-order valence-electron chi connectivity index (χ4n) is 2.01. The van der Waals surface area contributed by atoms with E-state index in [1.807, 2.05) is 24.3 Å². The molecule has 0 radical (unpaired) electrons. The van der Waals surface area contributed by atoms with Gasteiger partial charge in [-0.25, -0.2) is 0 Å². The van der Waals surface area contributed by atoms with Crippen molar-refractivity contribution in [2.45, 2.75) is 39.2 Å². The fourth-order valence-corrected chi connectivity index (χ4v) is 2.24. The van der Waals surface area contributed by atoms with Gasteiger partial charge in [0.05, 0.1) is 11.1 Å². The Balaban J connectivity index is 2.26. The van der Waals surface area contributed by atoms with Crippen molar-refractivity contribution in [2.75, 3.05) is 0 Å². The number of benzene rings is 2. The number of hydrogen-bond donors (Lipinski definition) is 1. The van der Waals surface area contributed by atoms with Gasteiger partial charge in [0.2, 0.25) is 0 Å². The zero-order valence-electron chi connectivity index (χ0n) is 12.9. The van der Waals surface area contributed by atoms with Crippen LogP contribution in [0.15, 0.2) is 42.5 Å². The highest BCUT2D eigenvalue weighted by atomic mass is 35.5. The summed E-state index contributed by atoms with van der Waals surface area (Å²) in [5, 5.41) is 10.1. The first-order chi connectivity index (χ1) is 9.77. The van der Waals surface area contributed by atoms with E-state index in [1.54, 1.807) is 19.1 Å². The Labute approximate surface area is 131 Å². The summed E-state index contributed by atoms with van der Waals surface area (Å²) < 4.78 is 5.87. The lowest BCUT2D eigenvalue weighted by Gasteiger charge is -2.20. The van der Waals surface area contributed by atoms with E-state index in [-0.39, 0.29) is 5.41 Å². The normalized spacial score (nSPS) is 13.0. The monoisotopic (exact) mass is 304 g/mol. The van der Waals surface area contributed by atoms with Crippen LogP contribution in [0.4, 0.5) is 0 Å². The van der Waals surface area contributed by atoms with Crippen molar-refractivity contribution < 1.29 is 9.84 Å². The molecule has 21 heavy (non-hydrogen) atoms. The Hall–Kier alpha value is -1.51. The summed E-state index contributed by atoms with van der Waals surface area (Å²) in [7, 11) is 0. The summed E-state index contributed by atoms with van der Waals surface area (Å²) in [6.07, 6.45) is -0.541. The van der Waals surface area contributed by atoms with Gasteiger partial charge < -0.3 is 9.84 Å². The standard InChI is InChI=1S/C18H21ClO2/c1-12(20)13-8-9-17(16(19)10-13)21-15-7-5-6-14(11-15)18(2,3)4/h5-12,20H,1-4H3. The molecule has 2 aromatic carbocycles. The van der Waals surface area contributed by atoms with Gasteiger partial charge in [-0.05, 0) is 47.7 Å². The second-order valence-corrected chi connectivity index (χ2v) is 6.65. The average Bonchev–Trinajstić information content (AvgIpc) is 2.40. The van der Waals surface area contributed by atoms with Crippen LogP contribution < -0.4 is 4.74 Å². The van der Waals surface area contributed by atoms with E-state index in [9.17, 15) is 5.11 Å². The first-order valence-corrected chi connectivity index (χ1v) is 7.41. The van der Waals surface area contributed by atoms with Gasteiger partial charge in [0.1, 0.15) is 11.5 Å². The molecule has 0 heterocycles. The summed E-state index contributed by atoms with van der Waals surface area (Å²) in [5.41, 5.74) is 2.05. The third kappa shape index (κ3) is 3.99. The van der Waals surface area contributed by atoms with Crippen LogP contribution in [0.3, 0.4) is 0 Å². The number of aliphatic hydroxyl groups excluding tert-OH is 1. The van der Waals surface area contributed by atoms with Crippen LogP contribution in [-0.2, 0) is 5.41 Å². The average molecular weight is 305 g/mol. The van der Waals surface area contributed by atoms with Gasteiger partial charge >= 0.3 is 0 Å². The summed E-state index contributed by atoms with van der Waals surface area (Å²) in [6.45, 7) is 8.20. The predicted octanol–water partition coefficient (Wildman–Crippen LogP) is 5.48. The largest absolute Gasteiger partial charge is 0.456 e. The Morgan fingerprint density at radius 1 is 1.10 bits per heavy atom. The van der Waals surface area contributed by atoms with E-state index < -0.39 is 6.10 Å². The zero-order chi connectivity index (χ0) is 15.6. The maximum absolute atomic E-state index is 9.56. The molecule has 0 saturated carbocycles. The van der Waals surface area contributed by atoms with Gasteiger partial charge in [-0.3, -0.25) is 0 Å². The maximum atomic E-state index is 9.56. The van der Waals surface area contributed by atoms with E-state index >= 15 is 0 Å². The number of hydrogen-bond acceptors (Lipinski definition) is 2. The molecular weight excluding hydrogens is 284 g/mol. The Morgan fingerprint density at radius 2 is 1.81 bits per heavy atom. The summed E-state index contributed by atoms with van der Waals surface area (Å²) in [4.78, 5) is 0. The molecule has 1 unspecified atom stereocenters. The molecule has 1 N–H and O–H groups in total. The third-order valence-electron chi connectivity index (χ3n) is 3.37. The molecule has 2 aromatic rings. The number of rotatable bonds is 3. The van der Waals surface area contributed by atoms with E-state index in [0.717, 1.165) is 11.3 Å². The topological polar surface area (TPSA) is 29.5 Å². The highest BCUT2D eigenvalue weighted by molar-refractivity contribution is 6.32. The molecule has 2 rings (SSSR count). The van der Waals surface area contributed by atoms with E-state index in [1.165, 1.54) is 5.56 Å². The van der Waals surface area contributed by atoms with Crippen molar-refractivity contribution in [2.24, 2.45) is 0 Å². The lowest BCUT2D eigenvalue weighted by Crippen LogP contribution is -2.10. The van der Waals surface area contributed by atoms with Crippen molar-refractivity contribution in [1.82, 2.24) is 0 Å². The molecule has 1 atom stereocenters. The van der Waals surface area contributed by atoms with E-state index in [4.69, 9.17) is 16.3 Å². The molecule has 0 saturated heterocycles. The van der Waals surface area contributed by atoms with E-state index in [2.05, 4.69) is 26.8 Å². The summed E-state index contributed by atoms with van der Waals surface area (Å²) in [5.74, 6) is 1.35. The molecule has 3 heteroatoms. The minimum atomic E-state index is -0.541. The minimum Gasteiger partial charge on any atom is -0.456 e. The summed E-state index contributed by atoms with van der Waals surface area (Å²) >= 11 is 6.22. The number of ether oxygens (including phenoxy) is 1. The molecular formula is C18H21ClO2. The minimum absolute atomic E-state index is 0.0688. The fraction of sp³-hybridized carbons (Fsp3) is 0.333. The first kappa shape index (κ1) is 15.9. The zero-order valence-corrected chi connectivity index (χ0v) is 13.6. The first-order valence-electron chi connectivity index (χ1n) is 7.03.